The maximum atomic E-state index is 13.5. The van der Waals surface area contributed by atoms with E-state index in [0.717, 1.165) is 25.9 Å². The van der Waals surface area contributed by atoms with Gasteiger partial charge in [-0.3, -0.25) is 4.79 Å². The minimum Gasteiger partial charge on any atom is -0.382 e. The normalized spacial score (nSPS) is 24.4. The molecule has 176 valence electrons. The van der Waals surface area contributed by atoms with Crippen molar-refractivity contribution < 1.29 is 18.0 Å². The zero-order valence-electron chi connectivity index (χ0n) is 18.7. The molecule has 5 nitrogen and oxygen atoms in total. The minimum absolute atomic E-state index is 0.000327. The van der Waals surface area contributed by atoms with Crippen molar-refractivity contribution in [1.82, 2.24) is 20.5 Å². The van der Waals surface area contributed by atoms with Crippen molar-refractivity contribution in [2.75, 3.05) is 26.7 Å². The van der Waals surface area contributed by atoms with Gasteiger partial charge in [0.15, 0.2) is 0 Å². The summed E-state index contributed by atoms with van der Waals surface area (Å²) in [5.41, 5.74) is 0.332. The molecular formula is C25H29F3N4O. The Morgan fingerprint density at radius 2 is 1.94 bits per heavy atom. The van der Waals surface area contributed by atoms with E-state index < -0.39 is 11.7 Å². The molecule has 33 heavy (non-hydrogen) atoms. The fourth-order valence-corrected chi connectivity index (χ4v) is 4.54. The molecule has 0 aromatic carbocycles. The maximum Gasteiger partial charge on any atom is 0.417 e. The summed E-state index contributed by atoms with van der Waals surface area (Å²) < 4.78 is 40.6. The van der Waals surface area contributed by atoms with Crippen molar-refractivity contribution in [2.24, 2.45) is 17.8 Å². The average molecular weight is 459 g/mol. The number of nitrogens with zero attached hydrogens (tertiary/aromatic N) is 2. The van der Waals surface area contributed by atoms with Gasteiger partial charge < -0.3 is 15.5 Å². The van der Waals surface area contributed by atoms with Crippen LogP contribution in [0.5, 0.6) is 0 Å². The number of likely N-dealkylation sites (tertiary alicyclic amines) is 1. The quantitative estimate of drug-likeness (QED) is 0.588. The van der Waals surface area contributed by atoms with Gasteiger partial charge in [0.25, 0.3) is 0 Å². The number of allylic oxidation sites excluding steroid dienone is 1. The smallest absolute Gasteiger partial charge is 0.382 e. The van der Waals surface area contributed by atoms with Crippen LogP contribution in [0.25, 0.3) is 23.4 Å². The molecule has 2 aliphatic carbocycles. The second-order valence-corrected chi connectivity index (χ2v) is 9.16. The van der Waals surface area contributed by atoms with E-state index in [4.69, 9.17) is 0 Å². The van der Waals surface area contributed by atoms with Crippen LogP contribution < -0.4 is 10.6 Å². The minimum atomic E-state index is -4.63. The Bertz CT molecular complexity index is 1010. The molecule has 0 spiro atoms. The molecule has 2 atom stereocenters. The fraction of sp³-hybridized carbons (Fsp3) is 0.440. The van der Waals surface area contributed by atoms with Crippen LogP contribution >= 0.6 is 0 Å². The highest BCUT2D eigenvalue weighted by Gasteiger charge is 2.55. The van der Waals surface area contributed by atoms with Gasteiger partial charge in [-0.2, -0.15) is 13.2 Å². The van der Waals surface area contributed by atoms with Gasteiger partial charge in [-0.05, 0) is 43.9 Å². The van der Waals surface area contributed by atoms with Crippen molar-refractivity contribution in [2.45, 2.75) is 25.1 Å². The van der Waals surface area contributed by atoms with E-state index in [1.165, 1.54) is 6.08 Å². The summed E-state index contributed by atoms with van der Waals surface area (Å²) in [4.78, 5) is 18.3. The van der Waals surface area contributed by atoms with Crippen LogP contribution in [0, 0.1) is 17.8 Å². The zero-order valence-corrected chi connectivity index (χ0v) is 18.7. The average Bonchev–Trinajstić information content (AvgIpc) is 3.67. The number of amides is 1. The van der Waals surface area contributed by atoms with E-state index in [2.05, 4.69) is 47.3 Å². The molecule has 2 saturated carbocycles. The Hall–Kier alpha value is -2.87. The molecule has 2 N–H and O–H groups in total. The fourth-order valence-electron chi connectivity index (χ4n) is 4.54. The van der Waals surface area contributed by atoms with Gasteiger partial charge in [-0.15, -0.1) is 0 Å². The molecule has 2 heterocycles. The number of hydrogen-bond acceptors (Lipinski definition) is 4. The van der Waals surface area contributed by atoms with Crippen LogP contribution in [0.2, 0.25) is 0 Å². The first-order valence-corrected chi connectivity index (χ1v) is 11.1. The highest BCUT2D eigenvalue weighted by atomic mass is 19.4. The number of pyridine rings is 1. The highest BCUT2D eigenvalue weighted by Crippen LogP contribution is 2.46. The van der Waals surface area contributed by atoms with Crippen LogP contribution in [-0.2, 0) is 4.79 Å². The number of alkyl halides is 3. The number of aromatic nitrogens is 1. The first-order valence-electron chi connectivity index (χ1n) is 11.1. The monoisotopic (exact) mass is 458 g/mol. The predicted molar refractivity (Wildman–Crippen MR) is 125 cm³/mol. The SMILES string of the molecule is C=Cc1c(C(=C)NC2C3CN(C)CC32)cc(/C=C/CNC(=O)C2CC2)nc1C(=C)C(F)(F)F. The van der Waals surface area contributed by atoms with Crippen molar-refractivity contribution in [3.05, 3.63) is 54.4 Å². The van der Waals surface area contributed by atoms with E-state index in [1.54, 1.807) is 18.2 Å². The number of carbonyl (C=O) groups is 1. The molecule has 2 unspecified atom stereocenters. The van der Waals surface area contributed by atoms with Gasteiger partial charge in [-0.25, -0.2) is 4.98 Å². The standard InChI is InChI=1S/C25H29F3N4O/c1-5-18-19(15(3)30-23-20-12-32(4)13-21(20)23)11-17(31-22(18)14(2)25(26,27)28)7-6-10-29-24(33)16-8-9-16/h5-7,11,16,20-21,23,30H,1-3,8-10,12-13H2,4H3,(H,29,33)/b7-6+. The second kappa shape index (κ2) is 8.82. The van der Waals surface area contributed by atoms with Crippen LogP contribution in [-0.4, -0.2) is 54.7 Å². The third kappa shape index (κ3) is 5.05. The molecule has 1 aromatic rings. The molecule has 0 bridgehead atoms. The lowest BCUT2D eigenvalue weighted by molar-refractivity contribution is -0.122. The topological polar surface area (TPSA) is 57.3 Å². The molecule has 1 aromatic heterocycles. The van der Waals surface area contributed by atoms with Crippen LogP contribution in [0.3, 0.4) is 0 Å². The lowest BCUT2D eigenvalue weighted by Gasteiger charge is -2.20. The summed E-state index contributed by atoms with van der Waals surface area (Å²) >= 11 is 0. The van der Waals surface area contributed by atoms with Gasteiger partial charge >= 0.3 is 6.18 Å². The number of nitrogens with one attached hydrogen (secondary N) is 2. The first kappa shape index (κ1) is 23.3. The van der Waals surface area contributed by atoms with E-state index in [1.807, 2.05) is 0 Å². The van der Waals surface area contributed by atoms with Crippen LogP contribution in [0.4, 0.5) is 13.2 Å². The molecule has 8 heteroatoms. The molecule has 1 aliphatic heterocycles. The Labute approximate surface area is 192 Å². The maximum absolute atomic E-state index is 13.5. The van der Waals surface area contributed by atoms with E-state index >= 15 is 0 Å². The zero-order chi connectivity index (χ0) is 23.9. The van der Waals surface area contributed by atoms with Crippen LogP contribution in [0.15, 0.2) is 31.9 Å². The summed E-state index contributed by atoms with van der Waals surface area (Å²) in [6.45, 7) is 13.4. The summed E-state index contributed by atoms with van der Waals surface area (Å²) in [6.07, 6.45) is 1.82. The first-order chi connectivity index (χ1) is 15.6. The third-order valence-electron chi connectivity index (χ3n) is 6.58. The Morgan fingerprint density at radius 1 is 1.27 bits per heavy atom. The Balaban J connectivity index is 1.58. The molecule has 3 fully saturated rings. The van der Waals surface area contributed by atoms with Crippen molar-refractivity contribution >= 4 is 29.3 Å². The van der Waals surface area contributed by atoms with Crippen molar-refractivity contribution in [3.63, 3.8) is 0 Å². The number of fused-ring (bicyclic) bond motifs is 1. The molecular weight excluding hydrogens is 429 g/mol. The van der Waals surface area contributed by atoms with Gasteiger partial charge in [0.2, 0.25) is 5.91 Å². The molecule has 0 radical (unpaired) electrons. The Morgan fingerprint density at radius 3 is 2.52 bits per heavy atom. The number of piperidine rings is 1. The molecule has 1 amide bonds. The van der Waals surface area contributed by atoms with E-state index in [9.17, 15) is 18.0 Å². The summed E-state index contributed by atoms with van der Waals surface area (Å²) in [5, 5.41) is 6.21. The van der Waals surface area contributed by atoms with E-state index in [-0.39, 0.29) is 35.7 Å². The predicted octanol–water partition coefficient (Wildman–Crippen LogP) is 3.96. The molecule has 3 aliphatic rings. The van der Waals surface area contributed by atoms with Gasteiger partial charge in [0, 0.05) is 48.4 Å². The van der Waals surface area contributed by atoms with Gasteiger partial charge in [0.1, 0.15) is 0 Å². The largest absolute Gasteiger partial charge is 0.417 e. The van der Waals surface area contributed by atoms with Gasteiger partial charge in [-0.1, -0.05) is 31.9 Å². The number of hydrogen-bond donors (Lipinski definition) is 2. The number of rotatable bonds is 9. The number of carbonyl (C=O) groups excluding carboxylic acids is 1. The molecule has 4 rings (SSSR count). The highest BCUT2D eigenvalue weighted by molar-refractivity contribution is 5.82. The van der Waals surface area contributed by atoms with Crippen molar-refractivity contribution in [3.8, 4) is 0 Å². The molecule has 1 saturated heterocycles. The van der Waals surface area contributed by atoms with E-state index in [0.29, 0.717) is 28.8 Å². The number of halogens is 3. The van der Waals surface area contributed by atoms with Gasteiger partial charge in [0.05, 0.1) is 17.0 Å². The summed E-state index contributed by atoms with van der Waals surface area (Å²) in [7, 11) is 2.08. The summed E-state index contributed by atoms with van der Waals surface area (Å²) in [5.74, 6) is 1.15. The van der Waals surface area contributed by atoms with Crippen molar-refractivity contribution in [1.29, 1.82) is 0 Å². The Kier molecular flexibility index (Phi) is 6.22. The lowest BCUT2D eigenvalue weighted by atomic mass is 9.98. The van der Waals surface area contributed by atoms with Crippen LogP contribution in [0.1, 0.15) is 35.4 Å². The third-order valence-corrected chi connectivity index (χ3v) is 6.58. The second-order valence-electron chi connectivity index (χ2n) is 9.16. The lowest BCUT2D eigenvalue weighted by Crippen LogP contribution is -2.28. The summed E-state index contributed by atoms with van der Waals surface area (Å²) in [6, 6.07) is 1.97.